The molecule has 0 aliphatic rings. The van der Waals surface area contributed by atoms with Gasteiger partial charge in [-0.1, -0.05) is 45.9 Å². The largest absolute Gasteiger partial charge is 0.475 e. The third-order valence-corrected chi connectivity index (χ3v) is 3.07. The lowest BCUT2D eigenvalue weighted by molar-refractivity contribution is 0.0683. The predicted molar refractivity (Wildman–Crippen MR) is 76.4 cm³/mol. The van der Waals surface area contributed by atoms with Gasteiger partial charge in [0.25, 0.3) is 5.82 Å². The van der Waals surface area contributed by atoms with Gasteiger partial charge < -0.3 is 5.11 Å². The Morgan fingerprint density at radius 3 is 2.50 bits per heavy atom. The van der Waals surface area contributed by atoms with Gasteiger partial charge in [-0.05, 0) is 18.1 Å². The van der Waals surface area contributed by atoms with Crippen LogP contribution < -0.4 is 0 Å². The van der Waals surface area contributed by atoms with Gasteiger partial charge >= 0.3 is 5.97 Å². The molecular weight excluding hydrogens is 254 g/mol. The SMILES string of the molecule is CCc1ccccc1-n1nc(C(=O)O)nc1C(C)(C)C. The second-order valence-electron chi connectivity index (χ2n) is 5.71. The molecule has 0 fully saturated rings. The Bertz CT molecular complexity index is 639. The van der Waals surface area contributed by atoms with Crippen LogP contribution in [0.5, 0.6) is 0 Å². The second-order valence-corrected chi connectivity index (χ2v) is 5.71. The quantitative estimate of drug-likeness (QED) is 0.933. The van der Waals surface area contributed by atoms with Crippen LogP contribution in [0.4, 0.5) is 0 Å². The predicted octanol–water partition coefficient (Wildman–Crippen LogP) is 2.83. The minimum Gasteiger partial charge on any atom is -0.475 e. The molecule has 106 valence electrons. The van der Waals surface area contributed by atoms with E-state index in [1.165, 1.54) is 0 Å². The van der Waals surface area contributed by atoms with Crippen molar-refractivity contribution >= 4 is 5.97 Å². The van der Waals surface area contributed by atoms with Gasteiger partial charge in [-0.3, -0.25) is 0 Å². The lowest BCUT2D eigenvalue weighted by Gasteiger charge is -2.19. The van der Waals surface area contributed by atoms with E-state index in [4.69, 9.17) is 5.11 Å². The zero-order valence-electron chi connectivity index (χ0n) is 12.2. The van der Waals surface area contributed by atoms with Crippen molar-refractivity contribution in [1.29, 1.82) is 0 Å². The smallest absolute Gasteiger partial charge is 0.375 e. The molecule has 0 atom stereocenters. The van der Waals surface area contributed by atoms with Gasteiger partial charge in [-0.15, -0.1) is 5.10 Å². The maximum absolute atomic E-state index is 11.1. The first kappa shape index (κ1) is 14.2. The number of nitrogens with zero attached hydrogens (tertiary/aromatic N) is 3. The maximum Gasteiger partial charge on any atom is 0.375 e. The Morgan fingerprint density at radius 2 is 1.95 bits per heavy atom. The number of carboxylic acids is 1. The van der Waals surface area contributed by atoms with E-state index in [1.807, 2.05) is 45.0 Å². The highest BCUT2D eigenvalue weighted by molar-refractivity contribution is 5.83. The fourth-order valence-corrected chi connectivity index (χ4v) is 2.07. The van der Waals surface area contributed by atoms with Gasteiger partial charge in [0.2, 0.25) is 0 Å². The number of benzene rings is 1. The van der Waals surface area contributed by atoms with E-state index in [0.717, 1.165) is 17.7 Å². The van der Waals surface area contributed by atoms with E-state index >= 15 is 0 Å². The Kier molecular flexibility index (Phi) is 3.61. The molecule has 0 amide bonds. The Labute approximate surface area is 118 Å². The normalized spacial score (nSPS) is 11.6. The third kappa shape index (κ3) is 2.57. The number of aromatic nitrogens is 3. The number of carboxylic acid groups (broad SMARTS) is 1. The summed E-state index contributed by atoms with van der Waals surface area (Å²) in [5.41, 5.74) is 1.71. The zero-order chi connectivity index (χ0) is 14.9. The van der Waals surface area contributed by atoms with Crippen LogP contribution in [0, 0.1) is 0 Å². The molecule has 5 nitrogen and oxygen atoms in total. The number of hydrogen-bond donors (Lipinski definition) is 1. The first-order valence-electron chi connectivity index (χ1n) is 6.63. The van der Waals surface area contributed by atoms with Gasteiger partial charge in [0, 0.05) is 5.41 Å². The second kappa shape index (κ2) is 5.07. The van der Waals surface area contributed by atoms with Crippen LogP contribution in [0.25, 0.3) is 5.69 Å². The average Bonchev–Trinajstić information content (AvgIpc) is 2.83. The van der Waals surface area contributed by atoms with Crippen molar-refractivity contribution < 1.29 is 9.90 Å². The molecule has 0 unspecified atom stereocenters. The molecule has 1 aromatic heterocycles. The Hall–Kier alpha value is -2.17. The van der Waals surface area contributed by atoms with E-state index in [2.05, 4.69) is 17.0 Å². The van der Waals surface area contributed by atoms with Crippen LogP contribution in [0.3, 0.4) is 0 Å². The molecule has 1 heterocycles. The summed E-state index contributed by atoms with van der Waals surface area (Å²) >= 11 is 0. The lowest BCUT2D eigenvalue weighted by Crippen LogP contribution is -2.19. The zero-order valence-corrected chi connectivity index (χ0v) is 12.2. The van der Waals surface area contributed by atoms with E-state index in [0.29, 0.717) is 5.82 Å². The van der Waals surface area contributed by atoms with Crippen molar-refractivity contribution in [2.24, 2.45) is 0 Å². The maximum atomic E-state index is 11.1. The number of aryl methyl sites for hydroxylation is 1. The van der Waals surface area contributed by atoms with Crippen LogP contribution in [0.1, 0.15) is 49.7 Å². The fourth-order valence-electron chi connectivity index (χ4n) is 2.07. The molecule has 0 bridgehead atoms. The summed E-state index contributed by atoms with van der Waals surface area (Å²) in [6, 6.07) is 7.84. The highest BCUT2D eigenvalue weighted by Crippen LogP contribution is 2.25. The lowest BCUT2D eigenvalue weighted by atomic mass is 9.95. The molecule has 0 spiro atoms. The first-order chi connectivity index (χ1) is 9.34. The van der Waals surface area contributed by atoms with Crippen molar-refractivity contribution in [2.75, 3.05) is 0 Å². The Balaban J connectivity index is 2.69. The van der Waals surface area contributed by atoms with Crippen molar-refractivity contribution in [3.63, 3.8) is 0 Å². The van der Waals surface area contributed by atoms with E-state index in [1.54, 1.807) is 4.68 Å². The summed E-state index contributed by atoms with van der Waals surface area (Å²) in [6.07, 6.45) is 0.849. The van der Waals surface area contributed by atoms with Crippen molar-refractivity contribution in [3.8, 4) is 5.69 Å². The van der Waals surface area contributed by atoms with Crippen LogP contribution in [-0.4, -0.2) is 25.8 Å². The van der Waals surface area contributed by atoms with Gasteiger partial charge in [0.15, 0.2) is 0 Å². The highest BCUT2D eigenvalue weighted by atomic mass is 16.4. The number of rotatable bonds is 3. The summed E-state index contributed by atoms with van der Waals surface area (Å²) in [4.78, 5) is 15.3. The van der Waals surface area contributed by atoms with E-state index in [-0.39, 0.29) is 11.2 Å². The molecule has 5 heteroatoms. The van der Waals surface area contributed by atoms with Gasteiger partial charge in [-0.25, -0.2) is 14.5 Å². The molecule has 2 rings (SSSR count). The van der Waals surface area contributed by atoms with Crippen molar-refractivity contribution in [3.05, 3.63) is 41.5 Å². The highest BCUT2D eigenvalue weighted by Gasteiger charge is 2.26. The molecule has 0 saturated heterocycles. The summed E-state index contributed by atoms with van der Waals surface area (Å²) in [6.45, 7) is 8.04. The third-order valence-electron chi connectivity index (χ3n) is 3.07. The molecule has 0 radical (unpaired) electrons. The number of aromatic carboxylic acids is 1. The van der Waals surface area contributed by atoms with E-state index in [9.17, 15) is 4.79 Å². The molecular formula is C15H19N3O2. The molecule has 0 aliphatic carbocycles. The van der Waals surface area contributed by atoms with Crippen molar-refractivity contribution in [2.45, 2.75) is 39.5 Å². The minimum absolute atomic E-state index is 0.166. The van der Waals surface area contributed by atoms with E-state index < -0.39 is 5.97 Å². The summed E-state index contributed by atoms with van der Waals surface area (Å²) in [5.74, 6) is -0.625. The van der Waals surface area contributed by atoms with Crippen molar-refractivity contribution in [1.82, 2.24) is 14.8 Å². The van der Waals surface area contributed by atoms with Crippen LogP contribution in [0.2, 0.25) is 0 Å². The summed E-state index contributed by atoms with van der Waals surface area (Å²) in [7, 11) is 0. The van der Waals surface area contributed by atoms with Crippen LogP contribution in [-0.2, 0) is 11.8 Å². The molecule has 2 aromatic rings. The van der Waals surface area contributed by atoms with Gasteiger partial charge in [-0.2, -0.15) is 0 Å². The Morgan fingerprint density at radius 1 is 1.30 bits per heavy atom. The van der Waals surface area contributed by atoms with Gasteiger partial charge in [0.1, 0.15) is 5.82 Å². The number of carbonyl (C=O) groups is 1. The van der Waals surface area contributed by atoms with Gasteiger partial charge in [0.05, 0.1) is 5.69 Å². The molecule has 1 N–H and O–H groups in total. The number of hydrogen-bond acceptors (Lipinski definition) is 3. The average molecular weight is 273 g/mol. The molecule has 0 saturated carbocycles. The first-order valence-corrected chi connectivity index (χ1v) is 6.63. The fraction of sp³-hybridized carbons (Fsp3) is 0.400. The molecule has 20 heavy (non-hydrogen) atoms. The molecule has 0 aliphatic heterocycles. The minimum atomic E-state index is -1.11. The van der Waals surface area contributed by atoms with Crippen LogP contribution in [0.15, 0.2) is 24.3 Å². The summed E-state index contributed by atoms with van der Waals surface area (Å²) in [5, 5.41) is 13.3. The van der Waals surface area contributed by atoms with Crippen LogP contribution >= 0.6 is 0 Å². The standard InChI is InChI=1S/C15H19N3O2/c1-5-10-8-6-7-9-11(10)18-14(15(2,3)4)16-12(17-18)13(19)20/h6-9H,5H2,1-4H3,(H,19,20). The number of para-hydroxylation sites is 1. The molecule has 1 aromatic carbocycles. The topological polar surface area (TPSA) is 68.0 Å². The summed E-state index contributed by atoms with van der Waals surface area (Å²) < 4.78 is 1.66. The monoisotopic (exact) mass is 273 g/mol.